The Balaban J connectivity index is 0.000000278. The Hall–Kier alpha value is -5.19. The molecule has 0 aliphatic rings. The summed E-state index contributed by atoms with van der Waals surface area (Å²) >= 11 is 0. The summed E-state index contributed by atoms with van der Waals surface area (Å²) in [6.45, 7) is 6.30. The van der Waals surface area contributed by atoms with Gasteiger partial charge in [0.15, 0.2) is 0 Å². The number of rotatable bonds is 9. The van der Waals surface area contributed by atoms with Crippen molar-refractivity contribution >= 4 is 11.5 Å². The molecular weight excluding hydrogens is 676 g/mol. The Morgan fingerprint density at radius 1 is 0.740 bits per heavy atom. The van der Waals surface area contributed by atoms with E-state index in [-0.39, 0.29) is 72.3 Å². The van der Waals surface area contributed by atoms with Crippen molar-refractivity contribution < 1.29 is 35.9 Å². The first kappa shape index (κ1) is 39.3. The molecule has 0 spiro atoms. The van der Waals surface area contributed by atoms with Gasteiger partial charge in [-0.2, -0.15) is 26.3 Å². The number of aromatic nitrogens is 4. The van der Waals surface area contributed by atoms with Crippen LogP contribution in [0.25, 0.3) is 11.4 Å². The van der Waals surface area contributed by atoms with Gasteiger partial charge in [0, 0.05) is 44.3 Å². The number of benzene rings is 2. The number of halogens is 6. The van der Waals surface area contributed by atoms with Crippen LogP contribution in [0.4, 0.5) is 32.0 Å². The smallest absolute Gasteiger partial charge is 0.393 e. The standard InChI is InChI=1S/C19H21F3N2O4.C14H14F3N3O2/c1-4-23-17(26)16(11-15(25)8-9-28-3)12(2)24(18(23)27)14-7-5-6-13(10-14)19(20,21)22;1-3-19-12(21)11(18)8(2)20(13(19)22)10-6-4-5-9(7-10)14(15,16)17/h5-7,10H,4,8-9,11H2,1-3H3;4-7H,3,18H2,1-2H3. The van der Waals surface area contributed by atoms with Crippen LogP contribution in [0.2, 0.25) is 0 Å². The van der Waals surface area contributed by atoms with Crippen molar-refractivity contribution in [3.8, 4) is 11.4 Å². The third-order valence-corrected chi connectivity index (χ3v) is 7.78. The average molecular weight is 712 g/mol. The van der Waals surface area contributed by atoms with E-state index < -0.39 is 46.0 Å². The van der Waals surface area contributed by atoms with Gasteiger partial charge >= 0.3 is 23.7 Å². The summed E-state index contributed by atoms with van der Waals surface area (Å²) in [5.74, 6) is -0.265. The number of nitrogens with zero attached hydrogens (tertiary/aromatic N) is 4. The van der Waals surface area contributed by atoms with E-state index >= 15 is 0 Å². The van der Waals surface area contributed by atoms with Gasteiger partial charge in [-0.1, -0.05) is 12.1 Å². The summed E-state index contributed by atoms with van der Waals surface area (Å²) in [6, 6.07) is 8.58. The Labute approximate surface area is 280 Å². The highest BCUT2D eigenvalue weighted by Crippen LogP contribution is 2.31. The maximum Gasteiger partial charge on any atom is 0.416 e. The fourth-order valence-electron chi connectivity index (χ4n) is 5.09. The van der Waals surface area contributed by atoms with Gasteiger partial charge in [-0.05, 0) is 64.1 Å². The molecule has 0 atom stereocenters. The lowest BCUT2D eigenvalue weighted by molar-refractivity contribution is -0.138. The largest absolute Gasteiger partial charge is 0.416 e. The highest BCUT2D eigenvalue weighted by atomic mass is 19.4. The molecule has 0 saturated heterocycles. The Bertz CT molecular complexity index is 2130. The molecule has 11 nitrogen and oxygen atoms in total. The van der Waals surface area contributed by atoms with Crippen LogP contribution in [0.5, 0.6) is 0 Å². The quantitative estimate of drug-likeness (QED) is 0.254. The zero-order valence-corrected chi connectivity index (χ0v) is 27.7. The first-order valence-corrected chi connectivity index (χ1v) is 15.1. The lowest BCUT2D eigenvalue weighted by atomic mass is 10.1. The van der Waals surface area contributed by atoms with Crippen molar-refractivity contribution in [3.63, 3.8) is 0 Å². The molecule has 0 aliphatic heterocycles. The Kier molecular flexibility index (Phi) is 12.2. The number of nitrogen functional groups attached to an aromatic ring is 1. The number of Topliss-reactive ketones (excluding diaryl/α,β-unsaturated/α-hetero) is 1. The molecule has 2 aromatic carbocycles. The summed E-state index contributed by atoms with van der Waals surface area (Å²) < 4.78 is 86.3. The van der Waals surface area contributed by atoms with Crippen LogP contribution in [0.15, 0.2) is 67.7 Å². The monoisotopic (exact) mass is 711 g/mol. The van der Waals surface area contributed by atoms with Crippen LogP contribution in [-0.2, 0) is 41.4 Å². The highest BCUT2D eigenvalue weighted by Gasteiger charge is 2.32. The molecule has 2 N–H and O–H groups in total. The molecule has 4 aromatic rings. The van der Waals surface area contributed by atoms with E-state index in [1.807, 2.05) is 0 Å². The molecule has 0 saturated carbocycles. The summed E-state index contributed by atoms with van der Waals surface area (Å²) in [5, 5.41) is 0. The second-order valence-electron chi connectivity index (χ2n) is 11.0. The normalized spacial score (nSPS) is 11.7. The SMILES string of the molecule is CCn1c(=O)c(CC(=O)CCOC)c(C)n(-c2cccc(C(F)(F)F)c2)c1=O.CCn1c(=O)c(N)c(C)n(-c2cccc(C(F)(F)F)c2)c1=O. The fourth-order valence-corrected chi connectivity index (χ4v) is 5.09. The zero-order chi connectivity index (χ0) is 37.7. The molecule has 0 bridgehead atoms. The number of alkyl halides is 6. The molecule has 17 heteroatoms. The maximum atomic E-state index is 13.1. The molecule has 0 aliphatic carbocycles. The number of hydrogen-bond acceptors (Lipinski definition) is 7. The zero-order valence-electron chi connectivity index (χ0n) is 27.7. The van der Waals surface area contributed by atoms with Crippen molar-refractivity contribution in [2.45, 2.75) is 66.0 Å². The van der Waals surface area contributed by atoms with Crippen LogP contribution in [-0.4, -0.2) is 37.8 Å². The number of nitrogens with two attached hydrogens (primary N) is 1. The van der Waals surface area contributed by atoms with Gasteiger partial charge in [0.05, 0.1) is 34.8 Å². The van der Waals surface area contributed by atoms with Gasteiger partial charge in [0.1, 0.15) is 11.5 Å². The van der Waals surface area contributed by atoms with E-state index in [9.17, 15) is 50.3 Å². The summed E-state index contributed by atoms with van der Waals surface area (Å²) in [6.07, 6.45) is -9.25. The predicted octanol–water partition coefficient (Wildman–Crippen LogP) is 4.42. The minimum atomic E-state index is -4.58. The second-order valence-corrected chi connectivity index (χ2v) is 11.0. The van der Waals surface area contributed by atoms with Gasteiger partial charge in [0.2, 0.25) is 0 Å². The van der Waals surface area contributed by atoms with Crippen LogP contribution in [0.3, 0.4) is 0 Å². The molecule has 0 amide bonds. The van der Waals surface area contributed by atoms with Crippen LogP contribution in [0.1, 0.15) is 48.3 Å². The maximum absolute atomic E-state index is 13.1. The number of ketones is 1. The van der Waals surface area contributed by atoms with Crippen molar-refractivity contribution in [2.24, 2.45) is 0 Å². The van der Waals surface area contributed by atoms with Gasteiger partial charge in [-0.15, -0.1) is 0 Å². The van der Waals surface area contributed by atoms with Crippen LogP contribution >= 0.6 is 0 Å². The Morgan fingerprint density at radius 2 is 1.18 bits per heavy atom. The van der Waals surface area contributed by atoms with Crippen molar-refractivity contribution in [1.82, 2.24) is 18.3 Å². The number of carbonyl (C=O) groups is 1. The van der Waals surface area contributed by atoms with E-state index in [4.69, 9.17) is 10.5 Å². The topological polar surface area (TPSA) is 140 Å². The third kappa shape index (κ3) is 8.33. The van der Waals surface area contributed by atoms with Gasteiger partial charge in [-0.25, -0.2) is 9.59 Å². The van der Waals surface area contributed by atoms with Gasteiger partial charge < -0.3 is 10.5 Å². The van der Waals surface area contributed by atoms with Gasteiger partial charge in [0.25, 0.3) is 11.1 Å². The van der Waals surface area contributed by atoms with Crippen molar-refractivity contribution in [1.29, 1.82) is 0 Å². The summed E-state index contributed by atoms with van der Waals surface area (Å²) in [7, 11) is 1.44. The van der Waals surface area contributed by atoms with Crippen LogP contribution < -0.4 is 28.2 Å². The molecule has 0 fully saturated rings. The van der Waals surface area contributed by atoms with Crippen molar-refractivity contribution in [3.05, 3.63) is 118 Å². The Morgan fingerprint density at radius 3 is 1.60 bits per heavy atom. The summed E-state index contributed by atoms with van der Waals surface area (Å²) in [5.41, 5.74) is 1.29. The molecule has 50 heavy (non-hydrogen) atoms. The average Bonchev–Trinajstić information content (AvgIpc) is 3.05. The molecule has 0 radical (unpaired) electrons. The molecule has 270 valence electrons. The number of methoxy groups -OCH3 is 1. The molecule has 2 aromatic heterocycles. The number of hydrogen-bond donors (Lipinski definition) is 1. The fraction of sp³-hybridized carbons (Fsp3) is 0.364. The molecule has 0 unspecified atom stereocenters. The van der Waals surface area contributed by atoms with Crippen LogP contribution in [0, 0.1) is 13.8 Å². The second kappa shape index (κ2) is 15.6. The molecular formula is C33H35F6N5O6. The highest BCUT2D eigenvalue weighted by molar-refractivity contribution is 5.81. The van der Waals surface area contributed by atoms with E-state index in [1.165, 1.54) is 45.2 Å². The molecule has 4 rings (SSSR count). The minimum Gasteiger partial charge on any atom is -0.393 e. The first-order chi connectivity index (χ1) is 23.3. The minimum absolute atomic E-state index is 0.00576. The van der Waals surface area contributed by atoms with E-state index in [2.05, 4.69) is 0 Å². The third-order valence-electron chi connectivity index (χ3n) is 7.78. The first-order valence-electron chi connectivity index (χ1n) is 15.1. The summed E-state index contributed by atoms with van der Waals surface area (Å²) in [4.78, 5) is 61.8. The van der Waals surface area contributed by atoms with Gasteiger partial charge in [-0.3, -0.25) is 32.7 Å². The predicted molar refractivity (Wildman–Crippen MR) is 173 cm³/mol. The number of ether oxygens (including phenoxy) is 1. The van der Waals surface area contributed by atoms with E-state index in [0.717, 1.165) is 42.5 Å². The van der Waals surface area contributed by atoms with E-state index in [1.54, 1.807) is 13.8 Å². The lowest BCUT2D eigenvalue weighted by Gasteiger charge is -2.17. The van der Waals surface area contributed by atoms with E-state index in [0.29, 0.717) is 0 Å². The molecule has 2 heterocycles. The lowest BCUT2D eigenvalue weighted by Crippen LogP contribution is -2.42. The van der Waals surface area contributed by atoms with Crippen molar-refractivity contribution in [2.75, 3.05) is 19.5 Å². The number of carbonyl (C=O) groups excluding carboxylic acids is 1. The number of anilines is 1.